The van der Waals surface area contributed by atoms with Gasteiger partial charge in [0.1, 0.15) is 10.1 Å². The van der Waals surface area contributed by atoms with Crippen LogP contribution in [0.15, 0.2) is 41.1 Å². The quantitative estimate of drug-likeness (QED) is 0.223. The van der Waals surface area contributed by atoms with Crippen LogP contribution in [0.3, 0.4) is 0 Å². The largest absolute Gasteiger partial charge is 0.462 e. The summed E-state index contributed by atoms with van der Waals surface area (Å²) >= 11 is 6.51. The van der Waals surface area contributed by atoms with Crippen molar-refractivity contribution in [2.75, 3.05) is 41.8 Å². The van der Waals surface area contributed by atoms with E-state index in [0.717, 1.165) is 11.5 Å². The van der Waals surface area contributed by atoms with E-state index in [0.29, 0.717) is 33.6 Å². The smallest absolute Gasteiger partial charge is 0.338 e. The molecule has 3 rings (SSSR count). The van der Waals surface area contributed by atoms with E-state index in [2.05, 4.69) is 0 Å². The molecule has 0 bridgehead atoms. The highest BCUT2D eigenvalue weighted by Gasteiger charge is 2.33. The topological polar surface area (TPSA) is 107 Å². The van der Waals surface area contributed by atoms with Gasteiger partial charge in [-0.15, -0.1) is 0 Å². The van der Waals surface area contributed by atoms with Gasteiger partial charge in [0.25, 0.3) is 16.0 Å². The Morgan fingerprint density at radius 1 is 1.12 bits per heavy atom. The number of hydrogen-bond donors (Lipinski definition) is 1. The van der Waals surface area contributed by atoms with Crippen molar-refractivity contribution in [3.05, 3.63) is 46.6 Å². The molecule has 0 aromatic heterocycles. The van der Waals surface area contributed by atoms with Crippen LogP contribution in [-0.2, 0) is 19.6 Å². The van der Waals surface area contributed by atoms with Crippen LogP contribution in [0.25, 0.3) is 0 Å². The molecule has 34 heavy (non-hydrogen) atoms. The van der Waals surface area contributed by atoms with Gasteiger partial charge in [0.05, 0.1) is 34.2 Å². The molecule has 2 aliphatic heterocycles. The second-order valence-corrected chi connectivity index (χ2v) is 10.7. The summed E-state index contributed by atoms with van der Waals surface area (Å²) in [4.78, 5) is 30.8. The number of fused-ring (bicyclic) bond motifs is 1. The van der Waals surface area contributed by atoms with Crippen LogP contribution < -0.4 is 9.80 Å². The number of allylic oxidation sites excluding steroid dienone is 2. The highest BCUT2D eigenvalue weighted by molar-refractivity contribution is 8.26. The predicted molar refractivity (Wildman–Crippen MR) is 138 cm³/mol. The fraction of sp³-hybridized carbons (Fsp3) is 0.409. The third kappa shape index (κ3) is 5.62. The minimum Gasteiger partial charge on any atom is -0.462 e. The summed E-state index contributed by atoms with van der Waals surface area (Å²) in [7, 11) is -4.12. The fourth-order valence-corrected chi connectivity index (χ4v) is 5.61. The molecule has 184 valence electrons. The molecule has 1 aromatic rings. The van der Waals surface area contributed by atoms with Crippen molar-refractivity contribution in [3.63, 3.8) is 0 Å². The number of likely N-dealkylation sites (N-methyl/N-ethyl adjacent to an activating group) is 1. The van der Waals surface area contributed by atoms with Gasteiger partial charge in [-0.05, 0) is 57.5 Å². The number of hydrogen-bond acceptors (Lipinski definition) is 9. The zero-order valence-corrected chi connectivity index (χ0v) is 21.6. The van der Waals surface area contributed by atoms with E-state index in [4.69, 9.17) is 17.0 Å². The molecule has 9 nitrogen and oxygen atoms in total. The molecule has 12 heteroatoms. The van der Waals surface area contributed by atoms with Crippen LogP contribution in [-0.4, -0.2) is 66.1 Å². The highest BCUT2D eigenvalue weighted by atomic mass is 32.2. The number of esters is 1. The lowest BCUT2D eigenvalue weighted by molar-refractivity contribution is -0.122. The van der Waals surface area contributed by atoms with Crippen molar-refractivity contribution < 1.29 is 27.3 Å². The number of thiocarbonyl (C=S) groups is 1. The SMILES string of the molecule is CCOC(=O)c1ccc2c(c1)N(CCCS(=O)(=O)O)/C(=C/C=C1/SC(=S)N(CC)C1=O)N2CC. The minimum absolute atomic E-state index is 0.157. The van der Waals surface area contributed by atoms with Crippen molar-refractivity contribution in [3.8, 4) is 0 Å². The number of ether oxygens (including phenoxy) is 1. The van der Waals surface area contributed by atoms with Crippen molar-refractivity contribution >= 4 is 61.7 Å². The molecule has 1 aromatic carbocycles. The Morgan fingerprint density at radius 3 is 2.41 bits per heavy atom. The number of carbonyl (C=O) groups excluding carboxylic acids is 2. The maximum absolute atomic E-state index is 12.6. The van der Waals surface area contributed by atoms with Crippen LogP contribution in [0, 0.1) is 0 Å². The number of carbonyl (C=O) groups is 2. The lowest BCUT2D eigenvalue weighted by atomic mass is 10.1. The van der Waals surface area contributed by atoms with Gasteiger partial charge in [-0.25, -0.2) is 4.79 Å². The molecule has 0 unspecified atom stereocenters. The molecule has 0 atom stereocenters. The molecule has 2 aliphatic rings. The van der Waals surface area contributed by atoms with Gasteiger partial charge < -0.3 is 14.5 Å². The molecule has 1 saturated heterocycles. The van der Waals surface area contributed by atoms with E-state index in [1.54, 1.807) is 31.2 Å². The van der Waals surface area contributed by atoms with Crippen LogP contribution in [0.2, 0.25) is 0 Å². The Balaban J connectivity index is 2.02. The standard InChI is InChI=1S/C22H27N3O6S3/c1-4-23-16-9-8-15(21(27)31-6-3)14-17(16)25(12-7-13-34(28,29)30)19(23)11-10-18-20(26)24(5-2)22(32)33-18/h8-11,14H,4-7,12-13H2,1-3H3,(H,28,29,30)/b18-10+,19-11+. The summed E-state index contributed by atoms with van der Waals surface area (Å²) in [5.74, 6) is -0.289. The van der Waals surface area contributed by atoms with Gasteiger partial charge in [0.2, 0.25) is 0 Å². The maximum Gasteiger partial charge on any atom is 0.338 e. The Hall–Kier alpha value is -2.41. The molecule has 1 N–H and O–H groups in total. The van der Waals surface area contributed by atoms with Gasteiger partial charge in [-0.3, -0.25) is 14.2 Å². The summed E-state index contributed by atoms with van der Waals surface area (Å²) < 4.78 is 37.4. The second-order valence-electron chi connectivity index (χ2n) is 7.43. The number of thioether (sulfide) groups is 1. The summed E-state index contributed by atoms with van der Waals surface area (Å²) in [6, 6.07) is 5.21. The zero-order chi connectivity index (χ0) is 25.0. The summed E-state index contributed by atoms with van der Waals surface area (Å²) in [6.07, 6.45) is 3.67. The molecule has 2 heterocycles. The highest BCUT2D eigenvalue weighted by Crippen LogP contribution is 2.42. The van der Waals surface area contributed by atoms with Crippen LogP contribution in [0.5, 0.6) is 0 Å². The summed E-state index contributed by atoms with van der Waals surface area (Å²) in [6.45, 7) is 7.15. The lowest BCUT2D eigenvalue weighted by Crippen LogP contribution is -2.30. The Morgan fingerprint density at radius 2 is 1.82 bits per heavy atom. The molecular formula is C22H27N3O6S3. The first-order valence-electron chi connectivity index (χ1n) is 10.9. The third-order valence-corrected chi connectivity index (χ3v) is 7.50. The van der Waals surface area contributed by atoms with E-state index in [-0.39, 0.29) is 25.5 Å². The van der Waals surface area contributed by atoms with Crippen LogP contribution in [0.4, 0.5) is 11.4 Å². The first-order chi connectivity index (χ1) is 16.1. The molecule has 0 spiro atoms. The number of amides is 1. The van der Waals surface area contributed by atoms with E-state index >= 15 is 0 Å². The first-order valence-corrected chi connectivity index (χ1v) is 13.7. The number of benzene rings is 1. The van der Waals surface area contributed by atoms with E-state index in [9.17, 15) is 22.6 Å². The molecule has 0 radical (unpaired) electrons. The zero-order valence-electron chi connectivity index (χ0n) is 19.2. The van der Waals surface area contributed by atoms with Crippen molar-refractivity contribution in [1.29, 1.82) is 0 Å². The van der Waals surface area contributed by atoms with Gasteiger partial charge in [0.15, 0.2) is 0 Å². The van der Waals surface area contributed by atoms with Gasteiger partial charge in [0, 0.05) is 19.6 Å². The first kappa shape index (κ1) is 26.2. The normalized spacial score (nSPS) is 18.4. The average molecular weight is 526 g/mol. The van der Waals surface area contributed by atoms with E-state index in [1.807, 2.05) is 29.7 Å². The maximum atomic E-state index is 12.6. The van der Waals surface area contributed by atoms with Crippen molar-refractivity contribution in [2.24, 2.45) is 0 Å². The molecular weight excluding hydrogens is 498 g/mol. The van der Waals surface area contributed by atoms with E-state index < -0.39 is 21.8 Å². The summed E-state index contributed by atoms with van der Waals surface area (Å²) in [5.41, 5.74) is 1.92. The van der Waals surface area contributed by atoms with Gasteiger partial charge >= 0.3 is 5.97 Å². The van der Waals surface area contributed by atoms with Crippen LogP contribution >= 0.6 is 24.0 Å². The lowest BCUT2D eigenvalue weighted by Gasteiger charge is -2.24. The molecule has 0 saturated carbocycles. The number of anilines is 2. The van der Waals surface area contributed by atoms with Crippen molar-refractivity contribution in [1.82, 2.24) is 4.90 Å². The Labute approximate surface area is 209 Å². The molecule has 1 amide bonds. The van der Waals surface area contributed by atoms with Gasteiger partial charge in [-0.2, -0.15) is 8.42 Å². The fourth-order valence-electron chi connectivity index (χ4n) is 3.79. The monoisotopic (exact) mass is 525 g/mol. The second kappa shape index (κ2) is 10.9. The van der Waals surface area contributed by atoms with Gasteiger partial charge in [-0.1, -0.05) is 24.0 Å². The van der Waals surface area contributed by atoms with E-state index in [1.165, 1.54) is 16.7 Å². The molecule has 0 aliphatic carbocycles. The molecule has 1 fully saturated rings. The minimum atomic E-state index is -4.12. The average Bonchev–Trinajstić information content (AvgIpc) is 3.23. The number of nitrogens with zero attached hydrogens (tertiary/aromatic N) is 3. The Bertz CT molecular complexity index is 1160. The van der Waals surface area contributed by atoms with Crippen molar-refractivity contribution in [2.45, 2.75) is 27.2 Å². The summed E-state index contributed by atoms with van der Waals surface area (Å²) in [5, 5.41) is 0. The Kier molecular flexibility index (Phi) is 8.39. The van der Waals surface area contributed by atoms with Crippen LogP contribution in [0.1, 0.15) is 37.6 Å². The number of rotatable bonds is 9. The third-order valence-electron chi connectivity index (χ3n) is 5.30. The predicted octanol–water partition coefficient (Wildman–Crippen LogP) is 3.39.